The van der Waals surface area contributed by atoms with Crippen LogP contribution in [0.5, 0.6) is 0 Å². The molecule has 0 amide bonds. The molecule has 0 bridgehead atoms. The van der Waals surface area contributed by atoms with Crippen LogP contribution in [0, 0.1) is 17.3 Å². The second-order valence-electron chi connectivity index (χ2n) is 15.0. The lowest BCUT2D eigenvalue weighted by atomic mass is 9.78. The molecule has 0 aromatic rings. The molecule has 282 valence electrons. The molecule has 0 saturated carbocycles. The van der Waals surface area contributed by atoms with E-state index in [0.29, 0.717) is 12.8 Å². The molecule has 0 aromatic carbocycles. The van der Waals surface area contributed by atoms with Crippen LogP contribution < -0.4 is 0 Å². The van der Waals surface area contributed by atoms with Gasteiger partial charge in [0.15, 0.2) is 12.6 Å². The highest BCUT2D eigenvalue weighted by molar-refractivity contribution is 5.70. The summed E-state index contributed by atoms with van der Waals surface area (Å²) < 4.78 is 36.6. The molecule has 0 aromatic heterocycles. The first kappa shape index (κ1) is 41.6. The van der Waals surface area contributed by atoms with Gasteiger partial charge in [-0.3, -0.25) is 4.79 Å². The van der Waals surface area contributed by atoms with Crippen molar-refractivity contribution in [1.29, 1.82) is 0 Å². The second kappa shape index (κ2) is 18.6. The highest BCUT2D eigenvalue weighted by Gasteiger charge is 2.51. The predicted octanol–water partition coefficient (Wildman–Crippen LogP) is 2.12. The Balaban J connectivity index is 1.94. The fourth-order valence-corrected chi connectivity index (χ4v) is 7.26. The zero-order chi connectivity index (χ0) is 36.6. The Labute approximate surface area is 291 Å². The number of nitrogens with zero attached hydrogens (tertiary/aromatic N) is 1. The Morgan fingerprint density at radius 2 is 1.67 bits per heavy atom. The number of rotatable bonds is 8. The summed E-state index contributed by atoms with van der Waals surface area (Å²) >= 11 is 0. The van der Waals surface area contributed by atoms with Gasteiger partial charge in [-0.05, 0) is 58.5 Å². The van der Waals surface area contributed by atoms with Crippen molar-refractivity contribution in [2.45, 2.75) is 153 Å². The van der Waals surface area contributed by atoms with Crippen molar-refractivity contribution < 1.29 is 58.4 Å². The SMILES string of the molecule is CO[C@@H]1[C@@H](O[C@@H]2O[C@H](C)[C@@H](O[C@@H]3CC(C)(C)[C@H](O)[C@@H](C)O3)[C@H](N(C)C)[C@H]2O)[C@H](CC=O)C[C@@H](C)[C@@H](O)/C=C/C=C\C[C@@H](C)OC(=O)C[C@H]1O. The summed E-state index contributed by atoms with van der Waals surface area (Å²) in [5.41, 5.74) is -0.464. The van der Waals surface area contributed by atoms with Gasteiger partial charge in [-0.15, -0.1) is 0 Å². The van der Waals surface area contributed by atoms with E-state index in [1.165, 1.54) is 7.11 Å². The minimum Gasteiger partial charge on any atom is -0.462 e. The van der Waals surface area contributed by atoms with Gasteiger partial charge in [-0.1, -0.05) is 45.1 Å². The van der Waals surface area contributed by atoms with Gasteiger partial charge in [0.2, 0.25) is 0 Å². The van der Waals surface area contributed by atoms with Crippen molar-refractivity contribution in [2.24, 2.45) is 17.3 Å². The summed E-state index contributed by atoms with van der Waals surface area (Å²) in [5.74, 6) is -1.58. The molecule has 3 aliphatic rings. The van der Waals surface area contributed by atoms with Crippen molar-refractivity contribution in [3.05, 3.63) is 24.3 Å². The van der Waals surface area contributed by atoms with E-state index in [-0.39, 0.29) is 18.8 Å². The van der Waals surface area contributed by atoms with Crippen LogP contribution in [0.15, 0.2) is 24.3 Å². The van der Waals surface area contributed by atoms with E-state index in [4.69, 9.17) is 28.4 Å². The molecule has 3 rings (SSSR count). The maximum Gasteiger partial charge on any atom is 0.308 e. The number of carbonyl (C=O) groups is 2. The molecule has 4 N–H and O–H groups in total. The van der Waals surface area contributed by atoms with Crippen LogP contribution in [0.4, 0.5) is 0 Å². The molecule has 0 radical (unpaired) electrons. The fourth-order valence-electron chi connectivity index (χ4n) is 7.26. The third-order valence-electron chi connectivity index (χ3n) is 10.1. The fraction of sp³-hybridized carbons (Fsp3) is 0.833. The van der Waals surface area contributed by atoms with Crippen molar-refractivity contribution in [3.63, 3.8) is 0 Å². The summed E-state index contributed by atoms with van der Waals surface area (Å²) in [6.07, 6.45) is -2.04. The van der Waals surface area contributed by atoms with Crippen LogP contribution in [-0.4, -0.2) is 138 Å². The van der Waals surface area contributed by atoms with E-state index < -0.39 is 103 Å². The lowest BCUT2D eigenvalue weighted by Gasteiger charge is -2.50. The molecule has 2 saturated heterocycles. The van der Waals surface area contributed by atoms with E-state index in [9.17, 15) is 30.0 Å². The van der Waals surface area contributed by atoms with Crippen molar-refractivity contribution in [2.75, 3.05) is 21.2 Å². The summed E-state index contributed by atoms with van der Waals surface area (Å²) in [4.78, 5) is 26.7. The van der Waals surface area contributed by atoms with Crippen LogP contribution in [0.2, 0.25) is 0 Å². The number of ether oxygens (including phenoxy) is 6. The van der Waals surface area contributed by atoms with Gasteiger partial charge in [0.05, 0.1) is 49.1 Å². The monoisotopic (exact) mass is 699 g/mol. The van der Waals surface area contributed by atoms with Crippen LogP contribution >= 0.6 is 0 Å². The minimum absolute atomic E-state index is 0.0144. The van der Waals surface area contributed by atoms with Gasteiger partial charge in [0.1, 0.15) is 30.7 Å². The molecule has 0 spiro atoms. The number of aliphatic hydroxyl groups excluding tert-OH is 4. The lowest BCUT2D eigenvalue weighted by molar-refractivity contribution is -0.340. The average molecular weight is 700 g/mol. The molecule has 13 heteroatoms. The molecule has 0 aliphatic carbocycles. The number of carbonyl (C=O) groups excluding carboxylic acids is 2. The molecule has 3 heterocycles. The summed E-state index contributed by atoms with van der Waals surface area (Å²) in [6.45, 7) is 11.1. The van der Waals surface area contributed by atoms with E-state index in [1.807, 2.05) is 31.7 Å². The predicted molar refractivity (Wildman–Crippen MR) is 180 cm³/mol. The number of hydrogen-bond donors (Lipinski definition) is 4. The minimum atomic E-state index is -1.39. The van der Waals surface area contributed by atoms with Crippen LogP contribution in [0.25, 0.3) is 0 Å². The van der Waals surface area contributed by atoms with E-state index >= 15 is 0 Å². The first-order valence-electron chi connectivity index (χ1n) is 17.5. The topological polar surface area (TPSA) is 174 Å². The molecular weight excluding hydrogens is 638 g/mol. The normalized spacial score (nSPS) is 44.2. The Kier molecular flexibility index (Phi) is 15.8. The van der Waals surface area contributed by atoms with Crippen LogP contribution in [-0.2, 0) is 38.0 Å². The second-order valence-corrected chi connectivity index (χ2v) is 15.0. The van der Waals surface area contributed by atoms with Crippen LogP contribution in [0.1, 0.15) is 73.6 Å². The smallest absolute Gasteiger partial charge is 0.308 e. The van der Waals surface area contributed by atoms with Gasteiger partial charge in [0.25, 0.3) is 0 Å². The molecular formula is C36H61NO12. The quantitative estimate of drug-likeness (QED) is 0.215. The van der Waals surface area contributed by atoms with Gasteiger partial charge in [0, 0.05) is 26.4 Å². The first-order chi connectivity index (χ1) is 23.0. The van der Waals surface area contributed by atoms with Crippen molar-refractivity contribution in [1.82, 2.24) is 4.90 Å². The number of hydrogen-bond acceptors (Lipinski definition) is 13. The summed E-state index contributed by atoms with van der Waals surface area (Å²) in [7, 11) is 4.98. The third kappa shape index (κ3) is 11.1. The van der Waals surface area contributed by atoms with Gasteiger partial charge < -0.3 is 58.5 Å². The number of cyclic esters (lactones) is 1. The molecule has 13 nitrogen and oxygen atoms in total. The number of likely N-dealkylation sites (N-methyl/N-ethyl adjacent to an activating group) is 1. The van der Waals surface area contributed by atoms with E-state index in [1.54, 1.807) is 53.1 Å². The molecule has 3 aliphatic heterocycles. The highest BCUT2D eigenvalue weighted by atomic mass is 16.7. The number of allylic oxidation sites excluding steroid dienone is 2. The Morgan fingerprint density at radius 3 is 2.29 bits per heavy atom. The first-order valence-corrected chi connectivity index (χ1v) is 17.5. The molecule has 49 heavy (non-hydrogen) atoms. The number of aliphatic hydroxyl groups is 4. The Bertz CT molecular complexity index is 1100. The molecule has 0 unspecified atom stereocenters. The molecule has 15 atom stereocenters. The maximum atomic E-state index is 12.8. The van der Waals surface area contributed by atoms with Gasteiger partial charge >= 0.3 is 5.97 Å². The van der Waals surface area contributed by atoms with Gasteiger partial charge in [-0.2, -0.15) is 0 Å². The zero-order valence-electron chi connectivity index (χ0n) is 30.6. The Hall–Kier alpha value is -1.78. The third-order valence-corrected chi connectivity index (χ3v) is 10.1. The summed E-state index contributed by atoms with van der Waals surface area (Å²) in [5, 5.41) is 44.8. The number of aldehydes is 1. The zero-order valence-corrected chi connectivity index (χ0v) is 30.6. The van der Waals surface area contributed by atoms with E-state index in [0.717, 1.165) is 6.29 Å². The Morgan fingerprint density at radius 1 is 0.980 bits per heavy atom. The summed E-state index contributed by atoms with van der Waals surface area (Å²) in [6, 6.07) is -0.639. The van der Waals surface area contributed by atoms with Gasteiger partial charge in [-0.25, -0.2) is 0 Å². The standard InChI is InChI=1S/C36H61NO12/c1-20-17-24(15-16-38)32(33(44-9)26(40)18-27(41)45-21(2)13-11-10-12-14-25(20)39)49-35-30(42)29(37(7)8)31(22(3)47-35)48-28-19-36(5,6)34(43)23(4)46-28/h10-12,14,16,20-26,28-35,39-40,42-43H,13,15,17-19H2,1-9H3/b11-10-,14-12+/t20-,21-,22-,23-,24-,25+,26-,28-,29-,30-,31-,32+,33+,34-,35+/m1/s1. The highest BCUT2D eigenvalue weighted by Crippen LogP contribution is 2.39. The van der Waals surface area contributed by atoms with Crippen LogP contribution in [0.3, 0.4) is 0 Å². The maximum absolute atomic E-state index is 12.8. The number of esters is 1. The molecule has 2 fully saturated rings. The average Bonchev–Trinajstić information content (AvgIpc) is 3.00. The van der Waals surface area contributed by atoms with Crippen molar-refractivity contribution >= 4 is 12.3 Å². The lowest BCUT2D eigenvalue weighted by Crippen LogP contribution is -2.65. The number of methoxy groups -OCH3 is 1. The largest absolute Gasteiger partial charge is 0.462 e. The van der Waals surface area contributed by atoms with Crippen molar-refractivity contribution in [3.8, 4) is 0 Å². The van der Waals surface area contributed by atoms with E-state index in [2.05, 4.69) is 0 Å².